The van der Waals surface area contributed by atoms with Crippen molar-refractivity contribution in [3.05, 3.63) is 30.1 Å². The molecule has 1 aromatic rings. The predicted octanol–water partition coefficient (Wildman–Crippen LogP) is 1.26. The molecule has 2 heterocycles. The number of hydrogen-bond acceptors (Lipinski definition) is 3. The number of hydrogen-bond donors (Lipinski definition) is 2. The third-order valence-electron chi connectivity index (χ3n) is 3.23. The molecule has 92 valence electrons. The van der Waals surface area contributed by atoms with Gasteiger partial charge in [0.25, 0.3) is 0 Å². The molecule has 2 rings (SSSR count). The summed E-state index contributed by atoms with van der Waals surface area (Å²) in [6.45, 7) is 3.84. The number of rotatable bonds is 3. The van der Waals surface area contributed by atoms with Crippen LogP contribution in [0.2, 0.25) is 0 Å². The Bertz CT molecular complexity index is 360. The third kappa shape index (κ3) is 3.27. The Morgan fingerprint density at radius 1 is 1.53 bits per heavy atom. The minimum absolute atomic E-state index is 0.0485. The Labute approximate surface area is 102 Å². The lowest BCUT2D eigenvalue weighted by molar-refractivity contribution is -0.126. The van der Waals surface area contributed by atoms with Gasteiger partial charge in [0.05, 0.1) is 12.0 Å². The lowest BCUT2D eigenvalue weighted by Crippen LogP contribution is -2.41. The van der Waals surface area contributed by atoms with Crippen molar-refractivity contribution in [2.75, 3.05) is 13.1 Å². The Hall–Kier alpha value is -1.42. The molecule has 2 atom stereocenters. The fourth-order valence-electron chi connectivity index (χ4n) is 2.14. The van der Waals surface area contributed by atoms with E-state index in [1.807, 2.05) is 19.1 Å². The molecule has 1 aliphatic rings. The smallest absolute Gasteiger partial charge is 0.224 e. The number of amides is 1. The van der Waals surface area contributed by atoms with Gasteiger partial charge in [-0.25, -0.2) is 0 Å². The summed E-state index contributed by atoms with van der Waals surface area (Å²) in [5.74, 6) is 0.273. The van der Waals surface area contributed by atoms with Gasteiger partial charge in [0.1, 0.15) is 0 Å². The first kappa shape index (κ1) is 12.0. The molecule has 4 nitrogen and oxygen atoms in total. The van der Waals surface area contributed by atoms with Crippen molar-refractivity contribution in [1.82, 2.24) is 15.6 Å². The minimum atomic E-state index is 0.0485. The molecular weight excluding hydrogens is 214 g/mol. The summed E-state index contributed by atoms with van der Waals surface area (Å²) in [4.78, 5) is 16.0. The number of carbonyl (C=O) groups excluding carboxylic acids is 1. The number of nitrogens with zero attached hydrogens (tertiary/aromatic N) is 1. The Morgan fingerprint density at radius 2 is 2.29 bits per heavy atom. The van der Waals surface area contributed by atoms with Crippen LogP contribution >= 0.6 is 0 Å². The number of aromatic nitrogens is 1. The molecule has 0 spiro atoms. The third-order valence-corrected chi connectivity index (χ3v) is 3.23. The summed E-state index contributed by atoms with van der Waals surface area (Å²) >= 11 is 0. The highest BCUT2D eigenvalue weighted by atomic mass is 16.1. The first-order valence-electron chi connectivity index (χ1n) is 6.18. The Kier molecular flexibility index (Phi) is 4.09. The van der Waals surface area contributed by atoms with Crippen molar-refractivity contribution in [3.63, 3.8) is 0 Å². The monoisotopic (exact) mass is 233 g/mol. The molecule has 1 saturated heterocycles. The van der Waals surface area contributed by atoms with E-state index in [-0.39, 0.29) is 17.9 Å². The molecule has 1 fully saturated rings. The zero-order valence-corrected chi connectivity index (χ0v) is 10.1. The molecule has 1 aliphatic heterocycles. The van der Waals surface area contributed by atoms with Crippen molar-refractivity contribution < 1.29 is 4.79 Å². The van der Waals surface area contributed by atoms with Crippen LogP contribution in [0.25, 0.3) is 0 Å². The molecular formula is C13H19N3O. The molecule has 1 amide bonds. The van der Waals surface area contributed by atoms with E-state index >= 15 is 0 Å². The van der Waals surface area contributed by atoms with Crippen LogP contribution in [0, 0.1) is 5.92 Å². The SMILES string of the molecule is CC(NC(=O)C1CCCNC1)c1ccncc1. The number of piperidine rings is 1. The van der Waals surface area contributed by atoms with Crippen molar-refractivity contribution >= 4 is 5.91 Å². The summed E-state index contributed by atoms with van der Waals surface area (Å²) < 4.78 is 0. The maximum atomic E-state index is 12.0. The minimum Gasteiger partial charge on any atom is -0.349 e. The number of carbonyl (C=O) groups is 1. The average Bonchev–Trinajstić information content (AvgIpc) is 2.40. The summed E-state index contributed by atoms with van der Waals surface area (Å²) in [7, 11) is 0. The second-order valence-corrected chi connectivity index (χ2v) is 4.55. The first-order chi connectivity index (χ1) is 8.27. The predicted molar refractivity (Wildman–Crippen MR) is 66.4 cm³/mol. The van der Waals surface area contributed by atoms with Gasteiger partial charge in [0, 0.05) is 18.9 Å². The van der Waals surface area contributed by atoms with Crippen LogP contribution < -0.4 is 10.6 Å². The zero-order valence-electron chi connectivity index (χ0n) is 10.1. The van der Waals surface area contributed by atoms with Crippen LogP contribution in [0.1, 0.15) is 31.4 Å². The fraction of sp³-hybridized carbons (Fsp3) is 0.538. The van der Waals surface area contributed by atoms with Gasteiger partial charge >= 0.3 is 0 Å². The maximum absolute atomic E-state index is 12.0. The van der Waals surface area contributed by atoms with Gasteiger partial charge in [0.15, 0.2) is 0 Å². The molecule has 0 aromatic carbocycles. The van der Waals surface area contributed by atoms with E-state index in [2.05, 4.69) is 15.6 Å². The maximum Gasteiger partial charge on any atom is 0.224 e. The molecule has 17 heavy (non-hydrogen) atoms. The molecule has 2 unspecified atom stereocenters. The van der Waals surface area contributed by atoms with Gasteiger partial charge in [-0.3, -0.25) is 9.78 Å². The van der Waals surface area contributed by atoms with E-state index in [1.54, 1.807) is 12.4 Å². The van der Waals surface area contributed by atoms with Gasteiger partial charge < -0.3 is 10.6 Å². The highest BCUT2D eigenvalue weighted by molar-refractivity contribution is 5.79. The normalized spacial score (nSPS) is 21.8. The fourth-order valence-corrected chi connectivity index (χ4v) is 2.14. The van der Waals surface area contributed by atoms with Gasteiger partial charge in [-0.2, -0.15) is 0 Å². The largest absolute Gasteiger partial charge is 0.349 e. The summed E-state index contributed by atoms with van der Waals surface area (Å²) in [6.07, 6.45) is 5.57. The van der Waals surface area contributed by atoms with Crippen LogP contribution in [-0.2, 0) is 4.79 Å². The van der Waals surface area contributed by atoms with Crippen LogP contribution in [0.15, 0.2) is 24.5 Å². The second-order valence-electron chi connectivity index (χ2n) is 4.55. The molecule has 0 aliphatic carbocycles. The van der Waals surface area contributed by atoms with E-state index in [0.29, 0.717) is 0 Å². The van der Waals surface area contributed by atoms with Crippen molar-refractivity contribution in [1.29, 1.82) is 0 Å². The van der Waals surface area contributed by atoms with Crippen molar-refractivity contribution in [2.45, 2.75) is 25.8 Å². The molecule has 1 aromatic heterocycles. The standard InChI is InChI=1S/C13H19N3O/c1-10(11-4-7-14-8-5-11)16-13(17)12-3-2-6-15-9-12/h4-5,7-8,10,12,15H,2-3,6,9H2,1H3,(H,16,17). The van der Waals surface area contributed by atoms with Crippen LogP contribution in [0.4, 0.5) is 0 Å². The van der Waals surface area contributed by atoms with Gasteiger partial charge in [0.2, 0.25) is 5.91 Å². The number of nitrogens with one attached hydrogen (secondary N) is 2. The number of pyridine rings is 1. The molecule has 2 N–H and O–H groups in total. The van der Waals surface area contributed by atoms with Crippen LogP contribution in [-0.4, -0.2) is 24.0 Å². The topological polar surface area (TPSA) is 54.0 Å². The zero-order chi connectivity index (χ0) is 12.1. The lowest BCUT2D eigenvalue weighted by atomic mass is 9.98. The van der Waals surface area contributed by atoms with Crippen molar-refractivity contribution in [2.24, 2.45) is 5.92 Å². The van der Waals surface area contributed by atoms with E-state index in [9.17, 15) is 4.79 Å². The van der Waals surface area contributed by atoms with Gasteiger partial charge in [-0.05, 0) is 44.0 Å². The molecule has 0 saturated carbocycles. The Balaban J connectivity index is 1.89. The summed E-state index contributed by atoms with van der Waals surface area (Å²) in [5, 5.41) is 6.32. The highest BCUT2D eigenvalue weighted by Crippen LogP contribution is 2.14. The molecule has 0 bridgehead atoms. The van der Waals surface area contributed by atoms with E-state index < -0.39 is 0 Å². The quantitative estimate of drug-likeness (QED) is 0.826. The van der Waals surface area contributed by atoms with Crippen LogP contribution in [0.3, 0.4) is 0 Å². The first-order valence-corrected chi connectivity index (χ1v) is 6.18. The van der Waals surface area contributed by atoms with Crippen LogP contribution in [0.5, 0.6) is 0 Å². The molecule has 4 heteroatoms. The summed E-state index contributed by atoms with van der Waals surface area (Å²) in [6, 6.07) is 3.92. The van der Waals surface area contributed by atoms with E-state index in [4.69, 9.17) is 0 Å². The summed E-state index contributed by atoms with van der Waals surface area (Å²) in [5.41, 5.74) is 1.09. The molecule has 0 radical (unpaired) electrons. The Morgan fingerprint density at radius 3 is 2.94 bits per heavy atom. The lowest BCUT2D eigenvalue weighted by Gasteiger charge is -2.24. The van der Waals surface area contributed by atoms with Crippen molar-refractivity contribution in [3.8, 4) is 0 Å². The average molecular weight is 233 g/mol. The van der Waals surface area contributed by atoms with E-state index in [0.717, 1.165) is 31.5 Å². The highest BCUT2D eigenvalue weighted by Gasteiger charge is 2.22. The van der Waals surface area contributed by atoms with E-state index in [1.165, 1.54) is 0 Å². The van der Waals surface area contributed by atoms with Gasteiger partial charge in [-0.1, -0.05) is 0 Å². The second kappa shape index (κ2) is 5.77. The van der Waals surface area contributed by atoms with Gasteiger partial charge in [-0.15, -0.1) is 0 Å².